The zero-order valence-electron chi connectivity index (χ0n) is 8.62. The number of rotatable bonds is 1. The van der Waals surface area contributed by atoms with Crippen LogP contribution in [-0.2, 0) is 0 Å². The number of amidine groups is 1. The van der Waals surface area contributed by atoms with Crippen LogP contribution >= 0.6 is 0 Å². The highest BCUT2D eigenvalue weighted by Crippen LogP contribution is 2.17. The molecule has 0 spiro atoms. The highest BCUT2D eigenvalue weighted by molar-refractivity contribution is 6.01. The molecule has 17 heavy (non-hydrogen) atoms. The van der Waals surface area contributed by atoms with E-state index in [1.807, 2.05) is 18.2 Å². The number of aromatic amines is 1. The van der Waals surface area contributed by atoms with Gasteiger partial charge in [0, 0.05) is 11.4 Å². The van der Waals surface area contributed by atoms with Gasteiger partial charge in [-0.1, -0.05) is 0 Å². The van der Waals surface area contributed by atoms with Crippen LogP contribution in [0.1, 0.15) is 5.69 Å². The van der Waals surface area contributed by atoms with Crippen LogP contribution in [-0.4, -0.2) is 16.0 Å². The molecule has 0 aliphatic carbocycles. The van der Waals surface area contributed by atoms with E-state index in [1.54, 1.807) is 12.4 Å². The maximum Gasteiger partial charge on any atom is 0.178 e. The van der Waals surface area contributed by atoms with Crippen molar-refractivity contribution >= 4 is 23.4 Å². The van der Waals surface area contributed by atoms with Gasteiger partial charge in [-0.05, 0) is 18.2 Å². The van der Waals surface area contributed by atoms with Gasteiger partial charge in [0.15, 0.2) is 5.84 Å². The Hall–Kier alpha value is -2.63. The number of aliphatic imine (C=N–C) groups is 1. The molecule has 0 radical (unpaired) electrons. The summed E-state index contributed by atoms with van der Waals surface area (Å²) in [6, 6.07) is 5.68. The molecule has 2 aromatic rings. The fraction of sp³-hybridized carbons (Fsp3) is 0. The second-order valence-electron chi connectivity index (χ2n) is 3.76. The van der Waals surface area contributed by atoms with Crippen LogP contribution < -0.4 is 10.6 Å². The van der Waals surface area contributed by atoms with E-state index in [0.717, 1.165) is 27.6 Å². The predicted molar refractivity (Wildman–Crippen MR) is 61.0 cm³/mol. The van der Waals surface area contributed by atoms with Crippen molar-refractivity contribution in [3.05, 3.63) is 40.7 Å². The van der Waals surface area contributed by atoms with E-state index in [2.05, 4.69) is 30.4 Å². The zero-order valence-corrected chi connectivity index (χ0v) is 8.62. The lowest BCUT2D eigenvalue weighted by Gasteiger charge is -1.90. The fourth-order valence-electron chi connectivity index (χ4n) is 1.86. The van der Waals surface area contributed by atoms with E-state index in [9.17, 15) is 0 Å². The minimum absolute atomic E-state index is 0.651. The standard InChI is InChI=1S/C11H6N6/c1-2-12-16-7(1)11-14-9-3-6-5-13-17-8(6)4-10(9)15-11/h1-5H,(H,12,16). The normalized spacial score (nSPS) is 14.9. The molecule has 0 unspecified atom stereocenters. The van der Waals surface area contributed by atoms with Gasteiger partial charge in [-0.15, -0.1) is 0 Å². The molecule has 6 nitrogen and oxygen atoms in total. The number of nitrogens with one attached hydrogen (secondary N) is 1. The van der Waals surface area contributed by atoms with Crippen molar-refractivity contribution in [1.29, 1.82) is 0 Å². The Labute approximate surface area is 95.2 Å². The van der Waals surface area contributed by atoms with Crippen LogP contribution in [0.2, 0.25) is 0 Å². The zero-order chi connectivity index (χ0) is 11.2. The molecule has 0 saturated carbocycles. The molecular formula is C11H6N6. The van der Waals surface area contributed by atoms with Crippen LogP contribution in [0.5, 0.6) is 0 Å². The van der Waals surface area contributed by atoms with Gasteiger partial charge in [0.2, 0.25) is 0 Å². The monoisotopic (exact) mass is 222 g/mol. The van der Waals surface area contributed by atoms with Gasteiger partial charge in [0.25, 0.3) is 0 Å². The summed E-state index contributed by atoms with van der Waals surface area (Å²) in [6.45, 7) is 0. The number of aromatic nitrogens is 2. The van der Waals surface area contributed by atoms with Crippen molar-refractivity contribution in [2.24, 2.45) is 20.2 Å². The SMILES string of the molecule is C1=c2cc3c(cc2N=N1)=NC(c1ccn[nH]1)=N3. The minimum atomic E-state index is 0.651. The summed E-state index contributed by atoms with van der Waals surface area (Å²) in [5, 5.41) is 16.4. The molecule has 1 N–H and O–H groups in total. The van der Waals surface area contributed by atoms with Gasteiger partial charge in [-0.25, -0.2) is 9.98 Å². The van der Waals surface area contributed by atoms with E-state index < -0.39 is 0 Å². The molecule has 0 atom stereocenters. The summed E-state index contributed by atoms with van der Waals surface area (Å²) >= 11 is 0. The third-order valence-electron chi connectivity index (χ3n) is 2.68. The highest BCUT2D eigenvalue weighted by atomic mass is 15.1. The number of azo groups is 1. The van der Waals surface area contributed by atoms with Crippen molar-refractivity contribution in [3.63, 3.8) is 0 Å². The lowest BCUT2D eigenvalue weighted by atomic mass is 10.2. The fourth-order valence-corrected chi connectivity index (χ4v) is 1.86. The molecule has 0 amide bonds. The van der Waals surface area contributed by atoms with Gasteiger partial charge >= 0.3 is 0 Å². The van der Waals surface area contributed by atoms with Crippen molar-refractivity contribution in [2.75, 3.05) is 0 Å². The lowest BCUT2D eigenvalue weighted by molar-refractivity contribution is 1.08. The maximum atomic E-state index is 4.45. The van der Waals surface area contributed by atoms with Crippen molar-refractivity contribution in [2.45, 2.75) is 0 Å². The van der Waals surface area contributed by atoms with Crippen LogP contribution in [0.3, 0.4) is 0 Å². The molecule has 0 bridgehead atoms. The highest BCUT2D eigenvalue weighted by Gasteiger charge is 2.13. The van der Waals surface area contributed by atoms with Gasteiger partial charge in [-0.2, -0.15) is 15.3 Å². The van der Waals surface area contributed by atoms with Gasteiger partial charge < -0.3 is 0 Å². The van der Waals surface area contributed by atoms with E-state index >= 15 is 0 Å². The Balaban J connectivity index is 1.93. The van der Waals surface area contributed by atoms with Gasteiger partial charge in [0.1, 0.15) is 5.69 Å². The molecule has 3 heterocycles. The maximum absolute atomic E-state index is 4.45. The first-order chi connectivity index (χ1) is 8.40. The Kier molecular flexibility index (Phi) is 1.47. The molecule has 2 aliphatic heterocycles. The van der Waals surface area contributed by atoms with Crippen molar-refractivity contribution < 1.29 is 0 Å². The van der Waals surface area contributed by atoms with Crippen molar-refractivity contribution in [3.8, 4) is 0 Å². The average Bonchev–Trinajstić information content (AvgIpc) is 3.05. The van der Waals surface area contributed by atoms with E-state index in [0.29, 0.717) is 5.84 Å². The summed E-state index contributed by atoms with van der Waals surface area (Å²) in [4.78, 5) is 8.88. The first kappa shape index (κ1) is 8.51. The molecule has 0 saturated heterocycles. The van der Waals surface area contributed by atoms with Crippen molar-refractivity contribution in [1.82, 2.24) is 10.2 Å². The molecular weight excluding hydrogens is 216 g/mol. The number of hydrogen-bond acceptors (Lipinski definition) is 5. The average molecular weight is 222 g/mol. The first-order valence-corrected chi connectivity index (χ1v) is 5.12. The predicted octanol–water partition coefficient (Wildman–Crippen LogP) is 0.957. The number of fused-ring (bicyclic) bond motifs is 2. The molecule has 80 valence electrons. The second-order valence-corrected chi connectivity index (χ2v) is 3.76. The number of benzene rings is 1. The first-order valence-electron chi connectivity index (χ1n) is 5.12. The minimum Gasteiger partial charge on any atom is -0.275 e. The summed E-state index contributed by atoms with van der Waals surface area (Å²) in [5.41, 5.74) is 2.50. The quantitative estimate of drug-likeness (QED) is 0.766. The number of H-pyrrole nitrogens is 1. The Bertz CT molecular complexity index is 782. The van der Waals surface area contributed by atoms with E-state index in [1.165, 1.54) is 0 Å². The summed E-state index contributed by atoms with van der Waals surface area (Å²) in [6.07, 6.45) is 3.40. The Morgan fingerprint density at radius 3 is 2.94 bits per heavy atom. The molecule has 6 heteroatoms. The van der Waals surface area contributed by atoms with Gasteiger partial charge in [-0.3, -0.25) is 5.10 Å². The molecule has 4 rings (SSSR count). The molecule has 2 aliphatic rings. The number of hydrogen-bond donors (Lipinski definition) is 1. The number of nitrogens with zero attached hydrogens (tertiary/aromatic N) is 5. The van der Waals surface area contributed by atoms with E-state index in [4.69, 9.17) is 0 Å². The Morgan fingerprint density at radius 2 is 2.06 bits per heavy atom. The van der Waals surface area contributed by atoms with Crippen LogP contribution in [0.25, 0.3) is 6.20 Å². The largest absolute Gasteiger partial charge is 0.275 e. The molecule has 1 aromatic heterocycles. The lowest BCUT2D eigenvalue weighted by Crippen LogP contribution is -2.06. The van der Waals surface area contributed by atoms with Gasteiger partial charge in [0.05, 0.1) is 22.9 Å². The molecule has 0 fully saturated rings. The third-order valence-corrected chi connectivity index (χ3v) is 2.68. The van der Waals surface area contributed by atoms with E-state index in [-0.39, 0.29) is 0 Å². The summed E-state index contributed by atoms with van der Waals surface area (Å²) < 4.78 is 0. The van der Waals surface area contributed by atoms with Crippen LogP contribution in [0.15, 0.2) is 44.6 Å². The summed E-state index contributed by atoms with van der Waals surface area (Å²) in [7, 11) is 0. The van der Waals surface area contributed by atoms with Crippen LogP contribution in [0, 0.1) is 0 Å². The van der Waals surface area contributed by atoms with Crippen LogP contribution in [0.4, 0.5) is 11.4 Å². The topological polar surface area (TPSA) is 78.1 Å². The second kappa shape index (κ2) is 2.94. The molecule has 1 aromatic carbocycles. The summed E-state index contributed by atoms with van der Waals surface area (Å²) in [5.74, 6) is 0.651. The smallest absolute Gasteiger partial charge is 0.178 e. The third kappa shape index (κ3) is 1.17. The Morgan fingerprint density at radius 1 is 1.06 bits per heavy atom.